The number of halogens is 15. The Kier molecular flexibility index (Phi) is 36.2. The molecular weight excluding hydrogens is 1870 g/mol. The topological polar surface area (TPSA) is 406 Å². The SMILES string of the molecule is C.C.CC[C@H]1O[C@@H](n2cnc3c(Cl)nc(Cl)nc32)[C@@H](F)[C@@H]1C.CC[C@H]1O[C@H](Br)[C@@H](F)[C@@H]1C.Clc1nc(Cl)c2cc[nH]c2n1.O=P(Cl)(Cl)CP(=O)(Cl)Cl.O=P(O)(O)CP(=O)(O)OC[C@H]1O[C@@H](n2ccc3c(NCc4ccccc4)nc(Cl)nc32)[C@@H](F)[C@@H]1O.OC[C@H]1O[C@@H](n2ccc3c(NCc4ccccc4)nc(Cl)nc32)[C@@H](F)[C@@H]1O. The predicted molar refractivity (Wildman–Crippen MR) is 438 cm³/mol. The third kappa shape index (κ3) is 25.8. The van der Waals surface area contributed by atoms with E-state index in [0.29, 0.717) is 63.1 Å². The van der Waals surface area contributed by atoms with E-state index in [0.717, 1.165) is 29.4 Å². The Morgan fingerprint density at radius 2 is 0.982 bits per heavy atom. The molecule has 1 unspecified atom stereocenters. The van der Waals surface area contributed by atoms with Crippen molar-refractivity contribution in [3.8, 4) is 0 Å². The van der Waals surface area contributed by atoms with E-state index in [4.69, 9.17) is 143 Å². The molecule has 0 aliphatic carbocycles. The van der Waals surface area contributed by atoms with Gasteiger partial charge in [-0.25, -0.2) is 42.5 Å². The second kappa shape index (κ2) is 42.5. The van der Waals surface area contributed by atoms with Gasteiger partial charge in [0, 0.05) is 43.5 Å². The van der Waals surface area contributed by atoms with Gasteiger partial charge in [0.2, 0.25) is 21.1 Å². The van der Waals surface area contributed by atoms with Gasteiger partial charge in [0.05, 0.1) is 47.9 Å². The van der Waals surface area contributed by atoms with Crippen LogP contribution in [0.5, 0.6) is 0 Å². The zero-order chi connectivity index (χ0) is 82.1. The van der Waals surface area contributed by atoms with Crippen LogP contribution in [-0.4, -0.2) is 185 Å². The minimum atomic E-state index is -4.84. The van der Waals surface area contributed by atoms with Gasteiger partial charge < -0.3 is 78.2 Å². The number of alkyl halides is 5. The fraction of sp³-hybridized carbons (Fsp3) is 0.462. The van der Waals surface area contributed by atoms with E-state index in [2.05, 4.69) is 80.9 Å². The van der Waals surface area contributed by atoms with Crippen LogP contribution in [0.15, 0.2) is 104 Å². The number of ether oxygens (including phenoxy) is 4. The molecule has 114 heavy (non-hydrogen) atoms. The Morgan fingerprint density at radius 1 is 0.544 bits per heavy atom. The van der Waals surface area contributed by atoms with Crippen LogP contribution >= 0.6 is 157 Å². The number of benzene rings is 2. The molecule has 2 aromatic carbocycles. The first-order chi connectivity index (χ1) is 52.7. The van der Waals surface area contributed by atoms with E-state index in [1.54, 1.807) is 30.6 Å². The van der Waals surface area contributed by atoms with Gasteiger partial charge in [-0.1, -0.05) is 142 Å². The number of rotatable bonds is 19. The molecule has 12 heterocycles. The molecule has 9 N–H and O–H groups in total. The van der Waals surface area contributed by atoms with Gasteiger partial charge >= 0.3 is 15.2 Å². The van der Waals surface area contributed by atoms with Gasteiger partial charge in [-0.3, -0.25) is 22.8 Å². The van der Waals surface area contributed by atoms with Crippen molar-refractivity contribution in [3.63, 3.8) is 0 Å². The van der Waals surface area contributed by atoms with Crippen LogP contribution in [0.4, 0.5) is 29.2 Å². The highest BCUT2D eigenvalue weighted by Gasteiger charge is 2.49. The molecular formula is C65H78BrCl10F4N15O15P4. The molecule has 0 saturated carbocycles. The van der Waals surface area contributed by atoms with Crippen molar-refractivity contribution < 1.29 is 89.3 Å². The molecule has 628 valence electrons. The van der Waals surface area contributed by atoms with Crippen LogP contribution in [0.3, 0.4) is 0 Å². The Balaban J connectivity index is 0.000000202. The van der Waals surface area contributed by atoms with Crippen molar-refractivity contribution in [1.82, 2.24) is 63.5 Å². The van der Waals surface area contributed by atoms with Crippen molar-refractivity contribution in [3.05, 3.63) is 146 Å². The summed E-state index contributed by atoms with van der Waals surface area (Å²) >= 11 is 58.3. The van der Waals surface area contributed by atoms with Crippen LogP contribution in [0, 0.1) is 11.8 Å². The third-order valence-electron chi connectivity index (χ3n) is 17.2. The summed E-state index contributed by atoms with van der Waals surface area (Å²) in [6.07, 6.45) is -6.56. The lowest BCUT2D eigenvalue weighted by molar-refractivity contribution is -0.0457. The first-order valence-electron chi connectivity index (χ1n) is 33.3. The summed E-state index contributed by atoms with van der Waals surface area (Å²) in [4.78, 5) is 66.7. The molecule has 8 aromatic heterocycles. The van der Waals surface area contributed by atoms with Gasteiger partial charge in [0.1, 0.15) is 80.8 Å². The highest BCUT2D eigenvalue weighted by atomic mass is 79.9. The average molecular weight is 1940 g/mol. The maximum atomic E-state index is 15.0. The summed E-state index contributed by atoms with van der Waals surface area (Å²) in [7, 11) is -9.55. The lowest BCUT2D eigenvalue weighted by Crippen LogP contribution is -2.31. The maximum absolute atomic E-state index is 15.0. The molecule has 4 fully saturated rings. The number of aromatic amines is 1. The largest absolute Gasteiger partial charge is 0.394 e. The minimum Gasteiger partial charge on any atom is -0.394 e. The summed E-state index contributed by atoms with van der Waals surface area (Å²) < 4.78 is 132. The number of anilines is 2. The Hall–Kier alpha value is -3.97. The molecule has 0 spiro atoms. The predicted octanol–water partition coefficient (Wildman–Crippen LogP) is 18.6. The lowest BCUT2D eigenvalue weighted by atomic mass is 10.00. The van der Waals surface area contributed by atoms with Crippen LogP contribution in [-0.2, 0) is 54.8 Å². The van der Waals surface area contributed by atoms with E-state index < -0.39 is 120 Å². The number of nitrogens with one attached hydrogen (secondary N) is 3. The Bertz CT molecular complexity index is 5010. The van der Waals surface area contributed by atoms with E-state index in [-0.39, 0.29) is 75.8 Å². The van der Waals surface area contributed by atoms with Gasteiger partial charge in [0.25, 0.3) is 11.7 Å². The number of aliphatic hydroxyl groups excluding tert-OH is 3. The minimum absolute atomic E-state index is 0. The summed E-state index contributed by atoms with van der Waals surface area (Å²) in [5.41, 5.74) is 4.08. The average Bonchev–Trinajstić information content (AvgIpc) is 1.62. The molecule has 10 aromatic rings. The molecule has 0 amide bonds. The van der Waals surface area contributed by atoms with Crippen LogP contribution in [0.2, 0.25) is 31.4 Å². The Morgan fingerprint density at radius 3 is 1.42 bits per heavy atom. The molecule has 4 aliphatic rings. The quantitative estimate of drug-likeness (QED) is 0.0119. The number of H-pyrrole nitrogens is 1. The standard InChI is InChI=1S/C19H22ClFN4O8P2.C18H18ClFN4O3.C12H13Cl2FN4O.C7H12BrFO.C6H3Cl2N3.CH2Cl4O2P2.2CH4/c20-19-23-16(22-8-11-4-2-1-3-5-11)12-6-7-25(17(12)24-19)18-14(21)15(26)13(33-18)9-32-35(30,31)10-34(27,28)29;19-18-22-15(21-8-10-4-2-1-3-5-10)11-6-7-24(16(11)23-18)17-13(20)14(26)12(9-25)27-17;1-3-6-5(2)7(15)11(20-6)19-4-16-8-9(13)17-12(14)18-10(8)19;1-3-5-4(2)6(9)7(8)10-5;7-4-3-1-2-9-5(3)11-6(8)10-4;2-8(3,6)1-9(4,5)7;;/h1-7,13-15,18,26H,8-10H2,(H,30,31)(H,22,23,24)(H2,27,28,29);1-7,12-14,17,25-26H,8-9H2,(H,21,22,23);4-7,11H,3H2,1-2H3;4-7H,3H2,1-2H3;1-2H,(H,9,10,11);1H2;2*1H4/t13-,14+,15-,18-;12-,13+,14-,17-;5-,6-,7+,11-;4-,5-,6+,7+;;;;/m1111..../s1. The molecule has 14 rings (SSSR count). The fourth-order valence-corrected chi connectivity index (χ4v) is 25.2. The van der Waals surface area contributed by atoms with Crippen LogP contribution < -0.4 is 10.6 Å². The van der Waals surface area contributed by atoms with Crippen molar-refractivity contribution in [1.29, 1.82) is 0 Å². The number of imidazole rings is 1. The molecule has 0 bridgehead atoms. The summed E-state index contributed by atoms with van der Waals surface area (Å²) in [5.74, 6) is -7.93. The van der Waals surface area contributed by atoms with Crippen LogP contribution in [0.25, 0.3) is 44.3 Å². The van der Waals surface area contributed by atoms with E-state index in [1.807, 2.05) is 88.4 Å². The summed E-state index contributed by atoms with van der Waals surface area (Å²) in [6, 6.07) is 24.5. The first kappa shape index (κ1) is 97.2. The molecule has 30 nitrogen and oxygen atoms in total. The summed E-state index contributed by atoms with van der Waals surface area (Å²) in [6.45, 7) is 7.44. The second-order valence-electron chi connectivity index (χ2n) is 25.1. The third-order valence-corrected chi connectivity index (χ3v) is 29.1. The number of hydrogen-bond donors (Lipinski definition) is 9. The van der Waals surface area contributed by atoms with Crippen molar-refractivity contribution in [2.75, 3.05) is 35.7 Å². The van der Waals surface area contributed by atoms with Gasteiger partial charge in [-0.2, -0.15) is 19.9 Å². The monoisotopic (exact) mass is 1940 g/mol. The number of fused-ring (bicyclic) bond motifs is 4. The van der Waals surface area contributed by atoms with Crippen molar-refractivity contribution >= 4 is 213 Å². The van der Waals surface area contributed by atoms with E-state index >= 15 is 0 Å². The first-order valence-corrected chi connectivity index (χ1v) is 47.5. The molecule has 4 saturated heterocycles. The zero-order valence-corrected chi connectivity index (χ0v) is 71.1. The smallest absolute Gasteiger partial charge is 0.340 e. The van der Waals surface area contributed by atoms with E-state index in [1.165, 1.54) is 26.2 Å². The fourth-order valence-electron chi connectivity index (χ4n) is 11.8. The molecule has 0 radical (unpaired) electrons. The molecule has 4 aliphatic heterocycles. The number of hydrogen-bond acceptors (Lipinski definition) is 23. The van der Waals surface area contributed by atoms with E-state index in [9.17, 15) is 56.0 Å². The Labute approximate surface area is 708 Å². The van der Waals surface area contributed by atoms with Crippen LogP contribution in [0.1, 0.15) is 85.2 Å². The van der Waals surface area contributed by atoms with Gasteiger partial charge in [-0.15, -0.1) is 0 Å². The van der Waals surface area contributed by atoms with Gasteiger partial charge in [0.15, 0.2) is 53.9 Å². The number of nitrogens with zero attached hydrogens (tertiary/aromatic N) is 12. The van der Waals surface area contributed by atoms with Gasteiger partial charge in [-0.05, 0) is 134 Å². The zero-order valence-electron chi connectivity index (χ0n) is 58.4. The highest BCUT2D eigenvalue weighted by Crippen LogP contribution is 2.72. The normalized spacial score (nSPS) is 25.1. The number of aliphatic hydroxyl groups is 3. The second-order valence-corrected chi connectivity index (χ2v) is 43.1. The van der Waals surface area contributed by atoms with Crippen molar-refractivity contribution in [2.45, 2.75) is 153 Å². The highest BCUT2D eigenvalue weighted by molar-refractivity contribution is 9.09. The van der Waals surface area contributed by atoms with Crippen molar-refractivity contribution in [2.24, 2.45) is 11.8 Å². The molecule has 49 heteroatoms. The summed E-state index contributed by atoms with van der Waals surface area (Å²) in [5, 5.41) is 37.9. The number of aromatic nitrogens is 13. The lowest BCUT2D eigenvalue weighted by Gasteiger charge is -2.18. The maximum Gasteiger partial charge on any atom is 0.340 e. The molecule has 17 atom stereocenters.